The zero-order valence-corrected chi connectivity index (χ0v) is 27.8. The number of rotatable bonds is 6. The lowest BCUT2D eigenvalue weighted by Gasteiger charge is -2.33. The van der Waals surface area contributed by atoms with Gasteiger partial charge in [-0.3, -0.25) is 0 Å². The summed E-state index contributed by atoms with van der Waals surface area (Å²) in [6, 6.07) is 69.2. The molecule has 0 unspecified atom stereocenters. The van der Waals surface area contributed by atoms with Gasteiger partial charge in [-0.15, -0.1) is 0 Å². The largest absolute Gasteiger partial charge is 0.454 e. The Bertz CT molecular complexity index is 2880. The van der Waals surface area contributed by atoms with Gasteiger partial charge in [0.15, 0.2) is 5.58 Å². The number of hydrogen-bond donors (Lipinski definition) is 0. The highest BCUT2D eigenvalue weighted by molar-refractivity contribution is 6.17. The van der Waals surface area contributed by atoms with Gasteiger partial charge in [-0.25, -0.2) is 0 Å². The lowest BCUT2D eigenvalue weighted by Crippen LogP contribution is -2.17. The summed E-state index contributed by atoms with van der Waals surface area (Å²) in [7, 11) is 0. The van der Waals surface area contributed by atoms with Gasteiger partial charge in [0, 0.05) is 33.5 Å². The standard InChI is InChI=1S/C48H32N2O/c1-3-19-39(20-4-1)49(41-25-23-33-13-7-9-15-35(33)29-41)45-28-27-43-44-31-37-17-11-12-18-38(37)32-46(44)51-48(43)47(45)50(40-21-5-2-6-22-40)42-26-24-34-14-8-10-16-36(34)30-42/h1-32H. The Morgan fingerprint density at radius 1 is 0.314 bits per heavy atom. The van der Waals surface area contributed by atoms with Crippen LogP contribution >= 0.6 is 0 Å². The maximum atomic E-state index is 7.07. The van der Waals surface area contributed by atoms with E-state index in [0.717, 1.165) is 61.4 Å². The third-order valence-electron chi connectivity index (χ3n) is 9.94. The van der Waals surface area contributed by atoms with Gasteiger partial charge in [0.25, 0.3) is 0 Å². The van der Waals surface area contributed by atoms with Gasteiger partial charge in [-0.1, -0.05) is 121 Å². The molecule has 0 radical (unpaired) electrons. The number of benzene rings is 9. The van der Waals surface area contributed by atoms with Gasteiger partial charge in [0.1, 0.15) is 11.3 Å². The average molecular weight is 653 g/mol. The first kappa shape index (κ1) is 29.1. The van der Waals surface area contributed by atoms with Crippen LogP contribution in [0.2, 0.25) is 0 Å². The van der Waals surface area contributed by atoms with E-state index in [1.54, 1.807) is 0 Å². The second-order valence-electron chi connectivity index (χ2n) is 13.0. The third-order valence-corrected chi connectivity index (χ3v) is 9.94. The Morgan fingerprint density at radius 2 is 0.784 bits per heavy atom. The second-order valence-corrected chi connectivity index (χ2v) is 13.0. The molecule has 0 aliphatic rings. The Morgan fingerprint density at radius 3 is 1.37 bits per heavy atom. The Kier molecular flexibility index (Phi) is 6.81. The molecule has 0 aliphatic heterocycles. The number of furan rings is 1. The molecule has 1 heterocycles. The first-order valence-corrected chi connectivity index (χ1v) is 17.3. The van der Waals surface area contributed by atoms with E-state index >= 15 is 0 Å². The van der Waals surface area contributed by atoms with Gasteiger partial charge in [-0.2, -0.15) is 0 Å². The predicted octanol–water partition coefficient (Wildman–Crippen LogP) is 14.0. The molecule has 0 bridgehead atoms. The summed E-state index contributed by atoms with van der Waals surface area (Å²) >= 11 is 0. The molecule has 0 amide bonds. The number of hydrogen-bond acceptors (Lipinski definition) is 3. The molecule has 240 valence electrons. The van der Waals surface area contributed by atoms with Crippen LogP contribution in [-0.4, -0.2) is 0 Å². The lowest BCUT2D eigenvalue weighted by molar-refractivity contribution is 0.669. The summed E-state index contributed by atoms with van der Waals surface area (Å²) < 4.78 is 7.07. The highest BCUT2D eigenvalue weighted by atomic mass is 16.3. The molecular formula is C48H32N2O. The normalized spacial score (nSPS) is 11.5. The second kappa shape index (κ2) is 11.9. The zero-order chi connectivity index (χ0) is 33.7. The minimum Gasteiger partial charge on any atom is -0.454 e. The summed E-state index contributed by atoms with van der Waals surface area (Å²) in [6.45, 7) is 0. The fourth-order valence-electron chi connectivity index (χ4n) is 7.52. The summed E-state index contributed by atoms with van der Waals surface area (Å²) in [5.41, 5.74) is 7.87. The highest BCUT2D eigenvalue weighted by Gasteiger charge is 2.27. The molecule has 1 aromatic heterocycles. The zero-order valence-electron chi connectivity index (χ0n) is 27.8. The van der Waals surface area contributed by atoms with E-state index in [9.17, 15) is 0 Å². The number of anilines is 6. The molecule has 0 atom stereocenters. The Hall–Kier alpha value is -6.84. The van der Waals surface area contributed by atoms with Crippen molar-refractivity contribution in [3.8, 4) is 0 Å². The minimum absolute atomic E-state index is 0.830. The maximum Gasteiger partial charge on any atom is 0.161 e. The van der Waals surface area contributed by atoms with E-state index in [1.807, 2.05) is 0 Å². The van der Waals surface area contributed by atoms with Crippen LogP contribution < -0.4 is 9.80 Å². The highest BCUT2D eigenvalue weighted by Crippen LogP contribution is 2.51. The van der Waals surface area contributed by atoms with E-state index < -0.39 is 0 Å². The van der Waals surface area contributed by atoms with Crippen LogP contribution in [0.5, 0.6) is 0 Å². The number of fused-ring (bicyclic) bond motifs is 6. The maximum absolute atomic E-state index is 7.07. The molecule has 0 saturated heterocycles. The number of nitrogens with zero attached hydrogens (tertiary/aromatic N) is 2. The SMILES string of the molecule is c1ccc(N(c2ccc3ccccc3c2)c2ccc3c(oc4cc5ccccc5cc43)c2N(c2ccccc2)c2ccc3ccccc3c2)cc1. The minimum atomic E-state index is 0.830. The van der Waals surface area contributed by atoms with Gasteiger partial charge in [-0.05, 0) is 105 Å². The van der Waals surface area contributed by atoms with Crippen molar-refractivity contribution in [3.63, 3.8) is 0 Å². The van der Waals surface area contributed by atoms with E-state index in [2.05, 4.69) is 204 Å². The van der Waals surface area contributed by atoms with Crippen molar-refractivity contribution >= 4 is 88.4 Å². The summed E-state index contributed by atoms with van der Waals surface area (Å²) in [5.74, 6) is 0. The van der Waals surface area contributed by atoms with Crippen molar-refractivity contribution < 1.29 is 4.42 Å². The first-order valence-electron chi connectivity index (χ1n) is 17.3. The molecular weight excluding hydrogens is 621 g/mol. The molecule has 0 N–H and O–H groups in total. The van der Waals surface area contributed by atoms with Crippen LogP contribution in [0.15, 0.2) is 199 Å². The molecule has 10 rings (SSSR count). The van der Waals surface area contributed by atoms with Crippen LogP contribution in [-0.2, 0) is 0 Å². The Balaban J connectivity index is 1.34. The van der Waals surface area contributed by atoms with Crippen LogP contribution in [0.1, 0.15) is 0 Å². The van der Waals surface area contributed by atoms with E-state index in [-0.39, 0.29) is 0 Å². The number of para-hydroxylation sites is 2. The topological polar surface area (TPSA) is 19.6 Å². The summed E-state index contributed by atoms with van der Waals surface area (Å²) in [6.07, 6.45) is 0. The molecule has 0 spiro atoms. The van der Waals surface area contributed by atoms with Crippen molar-refractivity contribution in [3.05, 3.63) is 194 Å². The fourth-order valence-corrected chi connectivity index (χ4v) is 7.52. The van der Waals surface area contributed by atoms with Gasteiger partial charge < -0.3 is 14.2 Å². The van der Waals surface area contributed by atoms with E-state index in [1.165, 1.54) is 26.9 Å². The van der Waals surface area contributed by atoms with Crippen LogP contribution in [0.25, 0.3) is 54.3 Å². The molecule has 0 aliphatic carbocycles. The first-order chi connectivity index (χ1) is 25.3. The molecule has 0 fully saturated rings. The quantitative estimate of drug-likeness (QED) is 0.178. The van der Waals surface area contributed by atoms with Gasteiger partial charge >= 0.3 is 0 Å². The van der Waals surface area contributed by atoms with E-state index in [0.29, 0.717) is 0 Å². The molecule has 51 heavy (non-hydrogen) atoms. The van der Waals surface area contributed by atoms with Crippen molar-refractivity contribution in [2.75, 3.05) is 9.80 Å². The molecule has 3 nitrogen and oxygen atoms in total. The van der Waals surface area contributed by atoms with Crippen molar-refractivity contribution in [1.29, 1.82) is 0 Å². The Labute approximate surface area is 295 Å². The van der Waals surface area contributed by atoms with Crippen molar-refractivity contribution in [2.24, 2.45) is 0 Å². The summed E-state index contributed by atoms with van der Waals surface area (Å²) in [4.78, 5) is 4.73. The van der Waals surface area contributed by atoms with Crippen LogP contribution in [0, 0.1) is 0 Å². The fraction of sp³-hybridized carbons (Fsp3) is 0. The summed E-state index contributed by atoms with van der Waals surface area (Å²) in [5, 5.41) is 9.28. The lowest BCUT2D eigenvalue weighted by atomic mass is 10.0. The molecule has 9 aromatic carbocycles. The predicted molar refractivity (Wildman–Crippen MR) is 216 cm³/mol. The van der Waals surface area contributed by atoms with Crippen LogP contribution in [0.4, 0.5) is 34.1 Å². The van der Waals surface area contributed by atoms with Crippen molar-refractivity contribution in [2.45, 2.75) is 0 Å². The van der Waals surface area contributed by atoms with Crippen LogP contribution in [0.3, 0.4) is 0 Å². The van der Waals surface area contributed by atoms with E-state index in [4.69, 9.17) is 4.42 Å². The molecule has 10 aromatic rings. The third kappa shape index (κ3) is 4.98. The van der Waals surface area contributed by atoms with Gasteiger partial charge in [0.05, 0.1) is 5.69 Å². The average Bonchev–Trinajstić information content (AvgIpc) is 3.56. The smallest absolute Gasteiger partial charge is 0.161 e. The monoisotopic (exact) mass is 652 g/mol. The van der Waals surface area contributed by atoms with Gasteiger partial charge in [0.2, 0.25) is 0 Å². The van der Waals surface area contributed by atoms with Crippen molar-refractivity contribution in [1.82, 2.24) is 0 Å². The molecule has 0 saturated carbocycles. The molecule has 3 heteroatoms.